The van der Waals surface area contributed by atoms with Crippen LogP contribution in [0.5, 0.6) is 11.5 Å². The summed E-state index contributed by atoms with van der Waals surface area (Å²) in [7, 11) is 0. The number of carbonyl (C=O) groups excluding carboxylic acids is 1. The van der Waals surface area contributed by atoms with Crippen molar-refractivity contribution in [2.75, 3.05) is 30.4 Å². The lowest BCUT2D eigenvalue weighted by Gasteiger charge is -2.19. The second kappa shape index (κ2) is 7.25. The summed E-state index contributed by atoms with van der Waals surface area (Å²) in [6.07, 6.45) is 0.391. The molecule has 24 heavy (non-hydrogen) atoms. The van der Waals surface area contributed by atoms with Crippen molar-refractivity contribution in [2.24, 2.45) is 0 Å². The number of carbonyl (C=O) groups is 1. The summed E-state index contributed by atoms with van der Waals surface area (Å²) >= 11 is 0. The molecule has 2 aromatic carbocycles. The Morgan fingerprint density at radius 3 is 2.71 bits per heavy atom. The van der Waals surface area contributed by atoms with Gasteiger partial charge in [-0.05, 0) is 43.2 Å². The number of nitrogens with one attached hydrogen (secondary N) is 2. The highest BCUT2D eigenvalue weighted by Gasteiger charge is 2.12. The molecule has 0 radical (unpaired) electrons. The fourth-order valence-electron chi connectivity index (χ4n) is 2.57. The number of hydrogen-bond acceptors (Lipinski definition) is 4. The van der Waals surface area contributed by atoms with E-state index >= 15 is 0 Å². The molecule has 0 unspecified atom stereocenters. The van der Waals surface area contributed by atoms with E-state index in [0.29, 0.717) is 26.2 Å². The van der Waals surface area contributed by atoms with Crippen LogP contribution in [0.2, 0.25) is 0 Å². The average molecular weight is 326 g/mol. The quantitative estimate of drug-likeness (QED) is 0.883. The number of ether oxygens (including phenoxy) is 2. The molecule has 0 fully saturated rings. The van der Waals surface area contributed by atoms with Crippen LogP contribution in [0, 0.1) is 13.8 Å². The van der Waals surface area contributed by atoms with Gasteiger partial charge in [0, 0.05) is 30.4 Å². The zero-order chi connectivity index (χ0) is 16.9. The predicted octanol–water partition coefficient (Wildman–Crippen LogP) is 3.52. The van der Waals surface area contributed by atoms with Crippen LogP contribution >= 0.6 is 0 Å². The van der Waals surface area contributed by atoms with Gasteiger partial charge in [0.15, 0.2) is 11.5 Å². The van der Waals surface area contributed by atoms with Gasteiger partial charge in [-0.1, -0.05) is 12.1 Å². The van der Waals surface area contributed by atoms with Crippen molar-refractivity contribution >= 4 is 17.3 Å². The van der Waals surface area contributed by atoms with Gasteiger partial charge in [-0.25, -0.2) is 0 Å². The maximum Gasteiger partial charge on any atom is 0.226 e. The largest absolute Gasteiger partial charge is 0.486 e. The number of fused-ring (bicyclic) bond motifs is 1. The minimum absolute atomic E-state index is 0.00579. The molecule has 0 saturated heterocycles. The van der Waals surface area contributed by atoms with Gasteiger partial charge in [0.25, 0.3) is 0 Å². The molecule has 0 spiro atoms. The molecule has 0 aliphatic carbocycles. The monoisotopic (exact) mass is 326 g/mol. The first-order chi connectivity index (χ1) is 11.6. The van der Waals surface area contributed by atoms with Gasteiger partial charge in [-0.15, -0.1) is 0 Å². The molecule has 0 atom stereocenters. The molecule has 1 amide bonds. The van der Waals surface area contributed by atoms with Crippen LogP contribution in [0.4, 0.5) is 11.4 Å². The molecule has 126 valence electrons. The van der Waals surface area contributed by atoms with Crippen LogP contribution in [0.3, 0.4) is 0 Å². The SMILES string of the molecule is Cc1cccc(NC(=O)CCNc2ccc3c(c2)OCCO3)c1C. The topological polar surface area (TPSA) is 59.6 Å². The molecule has 3 rings (SSSR count). The third kappa shape index (κ3) is 3.79. The molecule has 5 nitrogen and oxygen atoms in total. The summed E-state index contributed by atoms with van der Waals surface area (Å²) in [5, 5.41) is 6.20. The molecule has 2 aromatic rings. The highest BCUT2D eigenvalue weighted by molar-refractivity contribution is 5.91. The summed E-state index contributed by atoms with van der Waals surface area (Å²) in [6, 6.07) is 11.6. The highest BCUT2D eigenvalue weighted by atomic mass is 16.6. The van der Waals surface area contributed by atoms with Gasteiger partial charge < -0.3 is 20.1 Å². The number of anilines is 2. The Morgan fingerprint density at radius 2 is 1.88 bits per heavy atom. The third-order valence-electron chi connectivity index (χ3n) is 4.10. The summed E-state index contributed by atoms with van der Waals surface area (Å²) in [5.74, 6) is 1.50. The highest BCUT2D eigenvalue weighted by Crippen LogP contribution is 2.32. The van der Waals surface area contributed by atoms with Gasteiger partial charge in [0.1, 0.15) is 13.2 Å². The smallest absolute Gasteiger partial charge is 0.226 e. The Labute approximate surface area is 142 Å². The van der Waals surface area contributed by atoms with Crippen LogP contribution < -0.4 is 20.1 Å². The average Bonchev–Trinajstić information content (AvgIpc) is 2.59. The van der Waals surface area contributed by atoms with E-state index in [1.807, 2.05) is 50.2 Å². The number of aryl methyl sites for hydroxylation is 1. The molecular formula is C19H22N2O3. The van der Waals surface area contributed by atoms with E-state index in [0.717, 1.165) is 28.4 Å². The van der Waals surface area contributed by atoms with E-state index in [2.05, 4.69) is 10.6 Å². The fourth-order valence-corrected chi connectivity index (χ4v) is 2.57. The molecular weight excluding hydrogens is 304 g/mol. The van der Waals surface area contributed by atoms with Gasteiger partial charge >= 0.3 is 0 Å². The first-order valence-corrected chi connectivity index (χ1v) is 8.13. The number of amides is 1. The minimum Gasteiger partial charge on any atom is -0.486 e. The molecule has 0 aromatic heterocycles. The first-order valence-electron chi connectivity index (χ1n) is 8.13. The van der Waals surface area contributed by atoms with Crippen LogP contribution in [0.25, 0.3) is 0 Å². The molecule has 2 N–H and O–H groups in total. The van der Waals surface area contributed by atoms with Gasteiger partial charge in [0.2, 0.25) is 5.91 Å². The Hall–Kier alpha value is -2.69. The molecule has 0 saturated carbocycles. The van der Waals surface area contributed by atoms with E-state index < -0.39 is 0 Å². The zero-order valence-electron chi connectivity index (χ0n) is 14.0. The van der Waals surface area contributed by atoms with Gasteiger partial charge in [-0.3, -0.25) is 4.79 Å². The van der Waals surface area contributed by atoms with E-state index in [4.69, 9.17) is 9.47 Å². The molecule has 1 heterocycles. The Kier molecular flexibility index (Phi) is 4.89. The molecule has 0 bridgehead atoms. The Balaban J connectivity index is 1.51. The lowest BCUT2D eigenvalue weighted by Crippen LogP contribution is -2.17. The Morgan fingerprint density at radius 1 is 1.08 bits per heavy atom. The maximum absolute atomic E-state index is 12.1. The predicted molar refractivity (Wildman–Crippen MR) is 95.1 cm³/mol. The van der Waals surface area contributed by atoms with Crippen LogP contribution in [0.15, 0.2) is 36.4 Å². The standard InChI is InChI=1S/C19H22N2O3/c1-13-4-3-5-16(14(13)2)21-19(22)8-9-20-15-6-7-17-18(12-15)24-11-10-23-17/h3-7,12,20H,8-11H2,1-2H3,(H,21,22). The van der Waals surface area contributed by atoms with Crippen LogP contribution in [-0.2, 0) is 4.79 Å². The summed E-state index contributed by atoms with van der Waals surface area (Å²) < 4.78 is 11.0. The minimum atomic E-state index is -0.00579. The van der Waals surface area contributed by atoms with Crippen molar-refractivity contribution in [1.82, 2.24) is 0 Å². The van der Waals surface area contributed by atoms with E-state index in [1.165, 1.54) is 5.56 Å². The van der Waals surface area contributed by atoms with Crippen molar-refractivity contribution in [3.05, 3.63) is 47.5 Å². The van der Waals surface area contributed by atoms with Crippen LogP contribution in [0.1, 0.15) is 17.5 Å². The van der Waals surface area contributed by atoms with E-state index in [1.54, 1.807) is 0 Å². The van der Waals surface area contributed by atoms with Crippen LogP contribution in [-0.4, -0.2) is 25.7 Å². The van der Waals surface area contributed by atoms with E-state index in [9.17, 15) is 4.79 Å². The lowest BCUT2D eigenvalue weighted by atomic mass is 10.1. The Bertz CT molecular complexity index is 743. The summed E-state index contributed by atoms with van der Waals surface area (Å²) in [5.41, 5.74) is 4.06. The van der Waals surface area contributed by atoms with Crippen molar-refractivity contribution in [1.29, 1.82) is 0 Å². The lowest BCUT2D eigenvalue weighted by molar-refractivity contribution is -0.115. The number of benzene rings is 2. The molecule has 1 aliphatic rings. The van der Waals surface area contributed by atoms with Crippen molar-refractivity contribution < 1.29 is 14.3 Å². The number of hydrogen-bond donors (Lipinski definition) is 2. The normalized spacial score (nSPS) is 12.6. The zero-order valence-corrected chi connectivity index (χ0v) is 14.0. The molecule has 1 aliphatic heterocycles. The summed E-state index contributed by atoms with van der Waals surface area (Å²) in [6.45, 7) is 5.75. The first kappa shape index (κ1) is 16.2. The summed E-state index contributed by atoms with van der Waals surface area (Å²) in [4.78, 5) is 12.1. The van der Waals surface area contributed by atoms with Crippen molar-refractivity contribution in [2.45, 2.75) is 20.3 Å². The third-order valence-corrected chi connectivity index (χ3v) is 4.10. The second-order valence-corrected chi connectivity index (χ2v) is 5.83. The second-order valence-electron chi connectivity index (χ2n) is 5.83. The van der Waals surface area contributed by atoms with Crippen molar-refractivity contribution in [3.8, 4) is 11.5 Å². The van der Waals surface area contributed by atoms with Gasteiger partial charge in [0.05, 0.1) is 0 Å². The van der Waals surface area contributed by atoms with Crippen molar-refractivity contribution in [3.63, 3.8) is 0 Å². The molecule has 5 heteroatoms. The number of rotatable bonds is 5. The van der Waals surface area contributed by atoms with Gasteiger partial charge in [-0.2, -0.15) is 0 Å². The van der Waals surface area contributed by atoms with E-state index in [-0.39, 0.29) is 5.91 Å². The fraction of sp³-hybridized carbons (Fsp3) is 0.316. The maximum atomic E-state index is 12.1.